The molecule has 0 saturated carbocycles. The Morgan fingerprint density at radius 3 is 2.81 bits per heavy atom. The Kier molecular flexibility index (Phi) is 4.51. The number of aliphatic hydroxyl groups is 1. The molecule has 1 saturated heterocycles. The van der Waals surface area contributed by atoms with Crippen molar-refractivity contribution in [3.63, 3.8) is 0 Å². The maximum atomic E-state index is 10.6. The van der Waals surface area contributed by atoms with Crippen LogP contribution in [0.1, 0.15) is 18.1 Å². The first-order chi connectivity index (χ1) is 12.5. The van der Waals surface area contributed by atoms with Crippen molar-refractivity contribution in [2.24, 2.45) is 5.84 Å². The number of nitrogens with zero attached hydrogens (tertiary/aromatic N) is 4. The Morgan fingerprint density at radius 2 is 2.08 bits per heavy atom. The third-order valence-corrected chi connectivity index (χ3v) is 4.56. The van der Waals surface area contributed by atoms with Gasteiger partial charge in [0.05, 0.1) is 12.0 Å². The topological polar surface area (TPSA) is 98.7 Å². The van der Waals surface area contributed by atoms with E-state index in [2.05, 4.69) is 9.97 Å². The molecule has 4 rings (SSSR count). The number of halogens is 1. The van der Waals surface area contributed by atoms with Gasteiger partial charge in [-0.2, -0.15) is 0 Å². The molecule has 3 atom stereocenters. The van der Waals surface area contributed by atoms with Crippen LogP contribution in [-0.2, 0) is 9.47 Å². The van der Waals surface area contributed by atoms with Gasteiger partial charge in [0, 0.05) is 18.3 Å². The molecule has 3 unspecified atom stereocenters. The zero-order chi connectivity index (χ0) is 18.3. The van der Waals surface area contributed by atoms with E-state index in [1.54, 1.807) is 42.1 Å². The van der Waals surface area contributed by atoms with Gasteiger partial charge in [-0.15, -0.1) is 0 Å². The monoisotopic (exact) mass is 375 g/mol. The summed E-state index contributed by atoms with van der Waals surface area (Å²) in [5.41, 5.74) is 1.36. The summed E-state index contributed by atoms with van der Waals surface area (Å²) in [6.45, 7) is 0.253. The van der Waals surface area contributed by atoms with Crippen LogP contribution in [0.3, 0.4) is 0 Å². The van der Waals surface area contributed by atoms with Crippen LogP contribution in [0.2, 0.25) is 5.02 Å². The van der Waals surface area contributed by atoms with Gasteiger partial charge in [-0.05, 0) is 23.8 Å². The number of hydrogen-bond donors (Lipinski definition) is 2. The molecule has 0 bridgehead atoms. The van der Waals surface area contributed by atoms with Crippen LogP contribution in [0, 0.1) is 0 Å². The van der Waals surface area contributed by atoms with Crippen LogP contribution in [0.15, 0.2) is 42.9 Å². The van der Waals surface area contributed by atoms with Crippen LogP contribution in [0.25, 0.3) is 11.0 Å². The molecule has 0 aliphatic carbocycles. The first-order valence-corrected chi connectivity index (χ1v) is 8.43. The van der Waals surface area contributed by atoms with Gasteiger partial charge in [-0.25, -0.2) is 15.8 Å². The fourth-order valence-electron chi connectivity index (χ4n) is 3.00. The molecule has 0 spiro atoms. The summed E-state index contributed by atoms with van der Waals surface area (Å²) in [5, 5.41) is 13.4. The van der Waals surface area contributed by atoms with Crippen LogP contribution in [0.4, 0.5) is 5.82 Å². The molecule has 8 nitrogen and oxygen atoms in total. The van der Waals surface area contributed by atoms with Gasteiger partial charge in [0.1, 0.15) is 24.2 Å². The predicted molar refractivity (Wildman–Crippen MR) is 96.4 cm³/mol. The minimum Gasteiger partial charge on any atom is -0.386 e. The van der Waals surface area contributed by atoms with E-state index in [0.717, 1.165) is 10.9 Å². The molecule has 0 amide bonds. The molecule has 1 aromatic carbocycles. The first kappa shape index (κ1) is 17.2. The fraction of sp³-hybridized carbons (Fsp3) is 0.294. The Morgan fingerprint density at radius 1 is 1.31 bits per heavy atom. The van der Waals surface area contributed by atoms with Crippen LogP contribution < -0.4 is 10.9 Å². The van der Waals surface area contributed by atoms with E-state index in [9.17, 15) is 5.11 Å². The van der Waals surface area contributed by atoms with Crippen molar-refractivity contribution in [3.05, 3.63) is 53.4 Å². The Labute approximate surface area is 154 Å². The number of aliphatic hydroxyl groups excluding tert-OH is 1. The molecule has 3 heterocycles. The highest BCUT2D eigenvalue weighted by Crippen LogP contribution is 2.33. The zero-order valence-corrected chi connectivity index (χ0v) is 14.7. The number of aromatic nitrogens is 3. The minimum absolute atomic E-state index is 0.253. The second-order valence-electron chi connectivity index (χ2n) is 6.08. The highest BCUT2D eigenvalue weighted by Gasteiger charge is 2.34. The van der Waals surface area contributed by atoms with Gasteiger partial charge in [-0.1, -0.05) is 23.7 Å². The Balaban J connectivity index is 1.56. The van der Waals surface area contributed by atoms with Crippen molar-refractivity contribution in [2.75, 3.05) is 18.7 Å². The molecule has 26 heavy (non-hydrogen) atoms. The van der Waals surface area contributed by atoms with Crippen molar-refractivity contribution in [1.29, 1.82) is 0 Å². The maximum absolute atomic E-state index is 10.6. The van der Waals surface area contributed by atoms with Gasteiger partial charge < -0.3 is 14.6 Å². The number of ether oxygens (including phenoxy) is 2. The number of nitrogens with two attached hydrogens (primary N) is 1. The summed E-state index contributed by atoms with van der Waals surface area (Å²) >= 11 is 5.89. The number of anilines is 1. The quantitative estimate of drug-likeness (QED) is 0.531. The average molecular weight is 376 g/mol. The van der Waals surface area contributed by atoms with Crippen molar-refractivity contribution >= 4 is 28.5 Å². The fourth-order valence-corrected chi connectivity index (χ4v) is 3.13. The smallest absolute Gasteiger partial charge is 0.246 e. The van der Waals surface area contributed by atoms with Crippen molar-refractivity contribution in [3.8, 4) is 0 Å². The molecule has 0 radical (unpaired) electrons. The highest BCUT2D eigenvalue weighted by atomic mass is 35.5. The third kappa shape index (κ3) is 3.02. The van der Waals surface area contributed by atoms with E-state index in [1.807, 2.05) is 6.07 Å². The van der Waals surface area contributed by atoms with Gasteiger partial charge in [-0.3, -0.25) is 9.58 Å². The molecule has 1 aliphatic rings. The van der Waals surface area contributed by atoms with Crippen LogP contribution >= 0.6 is 11.6 Å². The minimum atomic E-state index is -0.820. The lowest BCUT2D eigenvalue weighted by Gasteiger charge is -2.18. The third-order valence-electron chi connectivity index (χ3n) is 4.31. The summed E-state index contributed by atoms with van der Waals surface area (Å²) in [6.07, 6.45) is 1.22. The van der Waals surface area contributed by atoms with E-state index in [0.29, 0.717) is 16.5 Å². The number of fused-ring (bicyclic) bond motifs is 1. The second-order valence-corrected chi connectivity index (χ2v) is 6.52. The Bertz CT molecular complexity index is 914. The molecule has 1 fully saturated rings. The molecule has 3 aromatic rings. The lowest BCUT2D eigenvalue weighted by atomic mass is 10.1. The predicted octanol–water partition coefficient (Wildman–Crippen LogP) is 2.00. The lowest BCUT2D eigenvalue weighted by molar-refractivity contribution is -0.127. The molecule has 9 heteroatoms. The van der Waals surface area contributed by atoms with Gasteiger partial charge in [0.15, 0.2) is 5.82 Å². The molecular formula is C17H18ClN5O3. The SMILES string of the molecule is CN(N)c1ncnc2c1ccn2C1OCC(C(O)c2ccc(Cl)cc2)O1. The van der Waals surface area contributed by atoms with E-state index in [4.69, 9.17) is 26.9 Å². The van der Waals surface area contributed by atoms with Crippen molar-refractivity contribution in [2.45, 2.75) is 18.6 Å². The summed E-state index contributed by atoms with van der Waals surface area (Å²) in [7, 11) is 1.71. The van der Waals surface area contributed by atoms with E-state index < -0.39 is 18.6 Å². The van der Waals surface area contributed by atoms with E-state index in [1.165, 1.54) is 11.3 Å². The zero-order valence-electron chi connectivity index (χ0n) is 14.0. The number of rotatable bonds is 4. The van der Waals surface area contributed by atoms with E-state index >= 15 is 0 Å². The largest absolute Gasteiger partial charge is 0.386 e. The summed E-state index contributed by atoms with van der Waals surface area (Å²) in [6, 6.07) is 8.85. The van der Waals surface area contributed by atoms with Crippen molar-refractivity contribution in [1.82, 2.24) is 14.5 Å². The summed E-state index contributed by atoms with van der Waals surface area (Å²) < 4.78 is 13.4. The molecular weight excluding hydrogens is 358 g/mol. The van der Waals surface area contributed by atoms with Gasteiger partial charge >= 0.3 is 0 Å². The normalized spacial score (nSPS) is 21.2. The molecule has 2 aromatic heterocycles. The van der Waals surface area contributed by atoms with Crippen molar-refractivity contribution < 1.29 is 14.6 Å². The van der Waals surface area contributed by atoms with Crippen LogP contribution in [0.5, 0.6) is 0 Å². The first-order valence-electron chi connectivity index (χ1n) is 8.05. The molecule has 136 valence electrons. The number of hydrogen-bond acceptors (Lipinski definition) is 7. The summed E-state index contributed by atoms with van der Waals surface area (Å²) in [4.78, 5) is 8.48. The number of hydrazine groups is 1. The molecule has 1 aliphatic heterocycles. The second kappa shape index (κ2) is 6.82. The highest BCUT2D eigenvalue weighted by molar-refractivity contribution is 6.30. The number of benzene rings is 1. The average Bonchev–Trinajstić information content (AvgIpc) is 3.28. The standard InChI is InChI=1S/C17H18ClN5O3/c1-22(19)15-12-6-7-23(16(12)21-9-20-15)17-25-8-13(26-17)14(24)10-2-4-11(18)5-3-10/h2-7,9,13-14,17,24H,8,19H2,1H3. The van der Waals surface area contributed by atoms with Crippen LogP contribution in [-0.4, -0.2) is 39.4 Å². The van der Waals surface area contributed by atoms with Gasteiger partial charge in [0.2, 0.25) is 6.41 Å². The summed E-state index contributed by atoms with van der Waals surface area (Å²) in [5.74, 6) is 6.41. The van der Waals surface area contributed by atoms with E-state index in [-0.39, 0.29) is 6.61 Å². The van der Waals surface area contributed by atoms with Gasteiger partial charge in [0.25, 0.3) is 0 Å². The Hall–Kier alpha value is -2.23. The molecule has 3 N–H and O–H groups in total. The maximum Gasteiger partial charge on any atom is 0.246 e. The lowest BCUT2D eigenvalue weighted by Crippen LogP contribution is -2.26.